The van der Waals surface area contributed by atoms with Crippen LogP contribution in [0.25, 0.3) is 0 Å². The van der Waals surface area contributed by atoms with Crippen LogP contribution in [-0.4, -0.2) is 19.7 Å². The summed E-state index contributed by atoms with van der Waals surface area (Å²) in [5.74, 6) is -0.641. The molecule has 1 aliphatic carbocycles. The van der Waals surface area contributed by atoms with Gasteiger partial charge in [0.1, 0.15) is 6.07 Å². The van der Waals surface area contributed by atoms with Crippen molar-refractivity contribution >= 4 is 17.3 Å². The number of esters is 1. The third-order valence-corrected chi connectivity index (χ3v) is 6.31. The Morgan fingerprint density at radius 3 is 2.48 bits per heavy atom. The maximum absolute atomic E-state index is 12.8. The maximum Gasteiger partial charge on any atom is 0.311 e. The van der Waals surface area contributed by atoms with Gasteiger partial charge in [-0.25, -0.2) is 0 Å². The fourth-order valence-electron chi connectivity index (χ4n) is 4.13. The predicted octanol–water partition coefficient (Wildman–Crippen LogP) is 5.16. The number of carbonyl (C=O) groups excluding carboxylic acids is 1. The van der Waals surface area contributed by atoms with Crippen LogP contribution in [0, 0.1) is 35.0 Å². The Labute approximate surface area is 172 Å². The van der Waals surface area contributed by atoms with E-state index in [1.54, 1.807) is 13.2 Å². The number of hydrogen-bond acceptors (Lipinski definition) is 5. The van der Waals surface area contributed by atoms with Gasteiger partial charge in [-0.1, -0.05) is 50.6 Å². The van der Waals surface area contributed by atoms with Crippen LogP contribution in [-0.2, 0) is 14.3 Å². The smallest absolute Gasteiger partial charge is 0.311 e. The molecule has 0 heterocycles. The minimum Gasteiger partial charge on any atom is -0.442 e. The van der Waals surface area contributed by atoms with Gasteiger partial charge in [-0.05, 0) is 36.6 Å². The lowest BCUT2D eigenvalue weighted by Crippen LogP contribution is -2.17. The van der Waals surface area contributed by atoms with Crippen molar-refractivity contribution in [2.24, 2.45) is 16.7 Å². The lowest BCUT2D eigenvalue weighted by Gasteiger charge is -2.15. The summed E-state index contributed by atoms with van der Waals surface area (Å²) in [5, 5.41) is 12.9. The molecule has 2 aromatic carbocycles. The summed E-state index contributed by atoms with van der Waals surface area (Å²) in [5.41, 5.74) is 3.10. The van der Waals surface area contributed by atoms with E-state index >= 15 is 0 Å². The first-order valence-corrected chi connectivity index (χ1v) is 9.75. The standard InChI is InChI=1S/C24H28N2O3/c1-16-9-11-18(12-10-16)26-19-8-6-7-17(13-19)20(14-25)29-22(27)21-23(2,3)24(21,4)15-28-5/h6-13,20-21,26H,15H2,1-5H3. The van der Waals surface area contributed by atoms with Gasteiger partial charge in [0.15, 0.2) is 0 Å². The molecule has 0 radical (unpaired) electrons. The average molecular weight is 392 g/mol. The molecule has 2 aromatic rings. The fourth-order valence-corrected chi connectivity index (χ4v) is 4.13. The lowest BCUT2D eigenvalue weighted by molar-refractivity contribution is -0.150. The van der Waals surface area contributed by atoms with Crippen molar-refractivity contribution < 1.29 is 14.3 Å². The molecule has 1 saturated carbocycles. The lowest BCUT2D eigenvalue weighted by atomic mass is 9.99. The molecule has 3 unspecified atom stereocenters. The van der Waals surface area contributed by atoms with E-state index in [1.807, 2.05) is 70.2 Å². The van der Waals surface area contributed by atoms with Crippen molar-refractivity contribution in [3.05, 3.63) is 59.7 Å². The number of rotatable bonds is 7. The predicted molar refractivity (Wildman–Crippen MR) is 113 cm³/mol. The minimum atomic E-state index is -0.953. The number of carbonyl (C=O) groups is 1. The van der Waals surface area contributed by atoms with Crippen molar-refractivity contribution in [2.75, 3.05) is 19.0 Å². The number of nitriles is 1. The highest BCUT2D eigenvalue weighted by Gasteiger charge is 2.72. The number of anilines is 2. The molecule has 29 heavy (non-hydrogen) atoms. The van der Waals surface area contributed by atoms with Gasteiger partial charge >= 0.3 is 5.97 Å². The fraction of sp³-hybridized carbons (Fsp3) is 0.417. The van der Waals surface area contributed by atoms with E-state index in [0.717, 1.165) is 11.4 Å². The highest BCUT2D eigenvalue weighted by Crippen LogP contribution is 2.69. The zero-order valence-electron chi connectivity index (χ0n) is 17.7. The molecule has 1 fully saturated rings. The summed E-state index contributed by atoms with van der Waals surface area (Å²) in [6, 6.07) is 17.6. The van der Waals surface area contributed by atoms with Crippen molar-refractivity contribution in [3.63, 3.8) is 0 Å². The first kappa shape index (κ1) is 20.9. The first-order chi connectivity index (χ1) is 13.7. The molecule has 5 heteroatoms. The molecule has 0 amide bonds. The molecule has 0 bridgehead atoms. The monoisotopic (exact) mass is 392 g/mol. The number of hydrogen-bond donors (Lipinski definition) is 1. The Kier molecular flexibility index (Phi) is 5.68. The molecular formula is C24H28N2O3. The first-order valence-electron chi connectivity index (χ1n) is 9.75. The SMILES string of the molecule is COCC1(C)C(C(=O)OC(C#N)c2cccc(Nc3ccc(C)cc3)c2)C1(C)C. The molecule has 0 aromatic heterocycles. The summed E-state index contributed by atoms with van der Waals surface area (Å²) in [4.78, 5) is 12.8. The number of aryl methyl sites for hydroxylation is 1. The Morgan fingerprint density at radius 1 is 1.17 bits per heavy atom. The van der Waals surface area contributed by atoms with Gasteiger partial charge < -0.3 is 14.8 Å². The molecule has 0 spiro atoms. The van der Waals surface area contributed by atoms with Crippen molar-refractivity contribution in [1.82, 2.24) is 0 Å². The second-order valence-electron chi connectivity index (χ2n) is 8.57. The average Bonchev–Trinajstić information content (AvgIpc) is 3.13. The van der Waals surface area contributed by atoms with Crippen molar-refractivity contribution in [2.45, 2.75) is 33.8 Å². The minimum absolute atomic E-state index is 0.227. The Hall–Kier alpha value is -2.84. The van der Waals surface area contributed by atoms with Gasteiger partial charge in [0.2, 0.25) is 6.10 Å². The summed E-state index contributed by atoms with van der Waals surface area (Å²) < 4.78 is 10.9. The molecule has 1 N–H and O–H groups in total. The van der Waals surface area contributed by atoms with Crippen molar-refractivity contribution in [3.8, 4) is 6.07 Å². The van der Waals surface area contributed by atoms with Crippen LogP contribution in [0.15, 0.2) is 48.5 Å². The van der Waals surface area contributed by atoms with E-state index in [1.165, 1.54) is 5.56 Å². The van der Waals surface area contributed by atoms with E-state index in [2.05, 4.69) is 11.4 Å². The van der Waals surface area contributed by atoms with E-state index in [9.17, 15) is 10.1 Å². The second kappa shape index (κ2) is 7.88. The molecule has 3 rings (SSSR count). The zero-order chi connectivity index (χ0) is 21.2. The largest absolute Gasteiger partial charge is 0.442 e. The molecule has 152 valence electrons. The molecule has 5 nitrogen and oxygen atoms in total. The van der Waals surface area contributed by atoms with E-state index in [-0.39, 0.29) is 22.7 Å². The van der Waals surface area contributed by atoms with Gasteiger partial charge in [-0.3, -0.25) is 4.79 Å². The number of benzene rings is 2. The zero-order valence-corrected chi connectivity index (χ0v) is 17.7. The quantitative estimate of drug-likeness (QED) is 0.659. The van der Waals surface area contributed by atoms with Crippen LogP contribution in [0.1, 0.15) is 38.0 Å². The molecular weight excluding hydrogens is 364 g/mol. The number of methoxy groups -OCH3 is 1. The third kappa shape index (κ3) is 3.99. The Bertz CT molecular complexity index is 930. The molecule has 1 aliphatic rings. The molecule has 0 aliphatic heterocycles. The second-order valence-corrected chi connectivity index (χ2v) is 8.57. The van der Waals surface area contributed by atoms with Gasteiger partial charge in [0, 0.05) is 29.5 Å². The van der Waals surface area contributed by atoms with Crippen LogP contribution < -0.4 is 5.32 Å². The van der Waals surface area contributed by atoms with Gasteiger partial charge in [0.25, 0.3) is 0 Å². The maximum atomic E-state index is 12.8. The van der Waals surface area contributed by atoms with Crippen LogP contribution in [0.4, 0.5) is 11.4 Å². The normalized spacial score (nSPS) is 23.0. The third-order valence-electron chi connectivity index (χ3n) is 6.31. The van der Waals surface area contributed by atoms with Crippen molar-refractivity contribution in [1.29, 1.82) is 5.26 Å². The number of nitrogens with one attached hydrogen (secondary N) is 1. The Morgan fingerprint density at radius 2 is 1.86 bits per heavy atom. The van der Waals surface area contributed by atoms with Crippen LogP contribution >= 0.6 is 0 Å². The summed E-state index contributed by atoms with van der Waals surface area (Å²) >= 11 is 0. The summed E-state index contributed by atoms with van der Waals surface area (Å²) in [6.45, 7) is 8.61. The van der Waals surface area contributed by atoms with E-state index in [0.29, 0.717) is 12.2 Å². The Balaban J connectivity index is 1.73. The summed E-state index contributed by atoms with van der Waals surface area (Å²) in [7, 11) is 1.63. The van der Waals surface area contributed by atoms with E-state index < -0.39 is 6.10 Å². The number of nitrogens with zero attached hydrogens (tertiary/aromatic N) is 1. The molecule has 0 saturated heterocycles. The molecule has 3 atom stereocenters. The topological polar surface area (TPSA) is 71.3 Å². The van der Waals surface area contributed by atoms with Gasteiger partial charge in [0.05, 0.1) is 12.5 Å². The highest BCUT2D eigenvalue weighted by atomic mass is 16.5. The summed E-state index contributed by atoms with van der Waals surface area (Å²) in [6.07, 6.45) is -0.953. The van der Waals surface area contributed by atoms with Gasteiger partial charge in [-0.15, -0.1) is 0 Å². The number of ether oxygens (including phenoxy) is 2. The van der Waals surface area contributed by atoms with Crippen LogP contribution in [0.2, 0.25) is 0 Å². The van der Waals surface area contributed by atoms with Crippen LogP contribution in [0.5, 0.6) is 0 Å². The van der Waals surface area contributed by atoms with Crippen LogP contribution in [0.3, 0.4) is 0 Å². The highest BCUT2D eigenvalue weighted by molar-refractivity contribution is 5.79. The van der Waals surface area contributed by atoms with E-state index in [4.69, 9.17) is 9.47 Å². The van der Waals surface area contributed by atoms with Gasteiger partial charge in [-0.2, -0.15) is 5.26 Å².